The van der Waals surface area contributed by atoms with Gasteiger partial charge in [0.2, 0.25) is 0 Å². The molecule has 0 aromatic heterocycles. The Kier molecular flexibility index (Phi) is 7.43. The van der Waals surface area contributed by atoms with Crippen LogP contribution in [0.3, 0.4) is 0 Å². The van der Waals surface area contributed by atoms with Crippen LogP contribution >= 0.6 is 0 Å². The fourth-order valence-corrected chi connectivity index (χ4v) is 2.44. The maximum atomic E-state index is 12.0. The highest BCUT2D eigenvalue weighted by Gasteiger charge is 2.08. The van der Waals surface area contributed by atoms with Gasteiger partial charge in [-0.05, 0) is 36.3 Å². The van der Waals surface area contributed by atoms with E-state index in [0.29, 0.717) is 17.1 Å². The molecule has 0 aliphatic rings. The number of benzene rings is 2. The van der Waals surface area contributed by atoms with Crippen molar-refractivity contribution in [2.24, 2.45) is 0 Å². The van der Waals surface area contributed by atoms with E-state index in [-0.39, 0.29) is 12.5 Å². The SMILES string of the molecule is CCc1ccccc1NC(=O)COC(=O)/C=C/c1ccc(OC)cc1OC. The lowest BCUT2D eigenvalue weighted by molar-refractivity contribution is -0.142. The second kappa shape index (κ2) is 10.0. The molecule has 27 heavy (non-hydrogen) atoms. The summed E-state index contributed by atoms with van der Waals surface area (Å²) in [5, 5.41) is 2.75. The van der Waals surface area contributed by atoms with Crippen molar-refractivity contribution in [3.05, 3.63) is 59.7 Å². The van der Waals surface area contributed by atoms with E-state index in [9.17, 15) is 9.59 Å². The minimum Gasteiger partial charge on any atom is -0.497 e. The van der Waals surface area contributed by atoms with E-state index in [0.717, 1.165) is 17.7 Å². The molecular formula is C21H23NO5. The van der Waals surface area contributed by atoms with Gasteiger partial charge >= 0.3 is 5.97 Å². The van der Waals surface area contributed by atoms with E-state index >= 15 is 0 Å². The molecule has 0 unspecified atom stereocenters. The second-order valence-electron chi connectivity index (χ2n) is 5.61. The van der Waals surface area contributed by atoms with E-state index in [4.69, 9.17) is 14.2 Å². The van der Waals surface area contributed by atoms with Crippen molar-refractivity contribution in [2.45, 2.75) is 13.3 Å². The average Bonchev–Trinajstić information content (AvgIpc) is 2.70. The summed E-state index contributed by atoms with van der Waals surface area (Å²) in [7, 11) is 3.09. The van der Waals surface area contributed by atoms with Crippen LogP contribution in [0.1, 0.15) is 18.1 Å². The number of hydrogen-bond donors (Lipinski definition) is 1. The van der Waals surface area contributed by atoms with Crippen LogP contribution in [0, 0.1) is 0 Å². The summed E-state index contributed by atoms with van der Waals surface area (Å²) >= 11 is 0. The molecule has 2 aromatic carbocycles. The van der Waals surface area contributed by atoms with Crippen LogP contribution in [0.5, 0.6) is 11.5 Å². The standard InChI is InChI=1S/C21H23NO5/c1-4-15-7-5-6-8-18(15)22-20(23)14-27-21(24)12-10-16-9-11-17(25-2)13-19(16)26-3/h5-13H,4,14H2,1-3H3,(H,22,23)/b12-10+. The first-order valence-corrected chi connectivity index (χ1v) is 8.52. The molecule has 6 nitrogen and oxygen atoms in total. The van der Waals surface area contributed by atoms with Gasteiger partial charge in [-0.1, -0.05) is 25.1 Å². The number of amides is 1. The van der Waals surface area contributed by atoms with E-state index in [1.54, 1.807) is 31.4 Å². The van der Waals surface area contributed by atoms with Crippen LogP contribution in [0.4, 0.5) is 5.69 Å². The zero-order chi connectivity index (χ0) is 19.6. The molecule has 2 aromatic rings. The lowest BCUT2D eigenvalue weighted by Gasteiger charge is -2.09. The summed E-state index contributed by atoms with van der Waals surface area (Å²) in [6.07, 6.45) is 3.60. The number of hydrogen-bond acceptors (Lipinski definition) is 5. The van der Waals surface area contributed by atoms with Gasteiger partial charge in [0.1, 0.15) is 11.5 Å². The maximum absolute atomic E-state index is 12.0. The van der Waals surface area contributed by atoms with Gasteiger partial charge in [0.05, 0.1) is 14.2 Å². The van der Waals surface area contributed by atoms with Gasteiger partial charge in [0.25, 0.3) is 5.91 Å². The van der Waals surface area contributed by atoms with Gasteiger partial charge in [-0.15, -0.1) is 0 Å². The maximum Gasteiger partial charge on any atom is 0.331 e. The number of nitrogens with one attached hydrogen (secondary N) is 1. The monoisotopic (exact) mass is 369 g/mol. The van der Waals surface area contributed by atoms with Crippen LogP contribution in [-0.2, 0) is 20.7 Å². The Morgan fingerprint density at radius 2 is 1.85 bits per heavy atom. The number of anilines is 1. The van der Waals surface area contributed by atoms with Crippen LogP contribution < -0.4 is 14.8 Å². The number of carbonyl (C=O) groups excluding carboxylic acids is 2. The van der Waals surface area contributed by atoms with E-state index < -0.39 is 5.97 Å². The van der Waals surface area contributed by atoms with Gasteiger partial charge in [-0.2, -0.15) is 0 Å². The van der Waals surface area contributed by atoms with Crippen LogP contribution in [0.25, 0.3) is 6.08 Å². The molecule has 0 aliphatic heterocycles. The summed E-state index contributed by atoms with van der Waals surface area (Å²) in [4.78, 5) is 23.8. The van der Waals surface area contributed by atoms with E-state index in [1.807, 2.05) is 31.2 Å². The molecule has 0 saturated carbocycles. The lowest BCUT2D eigenvalue weighted by atomic mass is 10.1. The molecule has 0 aliphatic carbocycles. The van der Waals surface area contributed by atoms with Gasteiger partial charge in [0, 0.05) is 23.4 Å². The van der Waals surface area contributed by atoms with Crippen molar-refractivity contribution in [3.63, 3.8) is 0 Å². The highest BCUT2D eigenvalue weighted by Crippen LogP contribution is 2.25. The molecule has 6 heteroatoms. The molecule has 0 saturated heterocycles. The molecule has 0 atom stereocenters. The minimum absolute atomic E-state index is 0.360. The number of rotatable bonds is 8. The fourth-order valence-electron chi connectivity index (χ4n) is 2.44. The van der Waals surface area contributed by atoms with Crippen LogP contribution in [0.2, 0.25) is 0 Å². The number of esters is 1. The first kappa shape index (κ1) is 20.0. The van der Waals surface area contributed by atoms with Crippen molar-refractivity contribution in [2.75, 3.05) is 26.1 Å². The third-order valence-corrected chi connectivity index (χ3v) is 3.86. The normalized spacial score (nSPS) is 10.5. The first-order valence-electron chi connectivity index (χ1n) is 8.52. The summed E-state index contributed by atoms with van der Waals surface area (Å²) in [6, 6.07) is 12.7. The Labute approximate surface area is 158 Å². The Balaban J connectivity index is 1.90. The predicted octanol–water partition coefficient (Wildman–Crippen LogP) is 3.46. The molecule has 2 rings (SSSR count). The van der Waals surface area contributed by atoms with Gasteiger partial charge < -0.3 is 19.5 Å². The zero-order valence-electron chi connectivity index (χ0n) is 15.7. The Morgan fingerprint density at radius 3 is 2.56 bits per heavy atom. The molecule has 1 N–H and O–H groups in total. The van der Waals surface area contributed by atoms with Crippen molar-refractivity contribution in [3.8, 4) is 11.5 Å². The average molecular weight is 369 g/mol. The van der Waals surface area contributed by atoms with E-state index in [2.05, 4.69) is 5.32 Å². The largest absolute Gasteiger partial charge is 0.497 e. The third-order valence-electron chi connectivity index (χ3n) is 3.86. The molecule has 1 amide bonds. The quantitative estimate of drug-likeness (QED) is 0.570. The smallest absolute Gasteiger partial charge is 0.331 e. The topological polar surface area (TPSA) is 73.9 Å². The van der Waals surface area contributed by atoms with Crippen molar-refractivity contribution >= 4 is 23.6 Å². The van der Waals surface area contributed by atoms with Crippen molar-refractivity contribution in [1.29, 1.82) is 0 Å². The van der Waals surface area contributed by atoms with Crippen molar-refractivity contribution in [1.82, 2.24) is 0 Å². The molecular weight excluding hydrogens is 346 g/mol. The predicted molar refractivity (Wildman–Crippen MR) is 104 cm³/mol. The molecule has 0 radical (unpaired) electrons. The summed E-state index contributed by atoms with van der Waals surface area (Å²) in [6.45, 7) is 1.64. The number of methoxy groups -OCH3 is 2. The first-order chi connectivity index (χ1) is 13.1. The van der Waals surface area contributed by atoms with Crippen LogP contribution in [0.15, 0.2) is 48.5 Å². The number of aryl methyl sites for hydroxylation is 1. The fraction of sp³-hybridized carbons (Fsp3) is 0.238. The molecule has 0 bridgehead atoms. The van der Waals surface area contributed by atoms with Gasteiger partial charge in [0.15, 0.2) is 6.61 Å². The minimum atomic E-state index is -0.619. The van der Waals surface area contributed by atoms with Gasteiger partial charge in [-0.3, -0.25) is 4.79 Å². The number of carbonyl (C=O) groups is 2. The lowest BCUT2D eigenvalue weighted by Crippen LogP contribution is -2.20. The molecule has 142 valence electrons. The summed E-state index contributed by atoms with van der Waals surface area (Å²) < 4.78 is 15.4. The van der Waals surface area contributed by atoms with Crippen molar-refractivity contribution < 1.29 is 23.8 Å². The highest BCUT2D eigenvalue weighted by molar-refractivity contribution is 5.95. The molecule has 0 heterocycles. The number of para-hydroxylation sites is 1. The molecule has 0 fully saturated rings. The van der Waals surface area contributed by atoms with Gasteiger partial charge in [-0.25, -0.2) is 4.79 Å². The second-order valence-corrected chi connectivity index (χ2v) is 5.61. The molecule has 0 spiro atoms. The van der Waals surface area contributed by atoms with Crippen LogP contribution in [-0.4, -0.2) is 32.7 Å². The zero-order valence-corrected chi connectivity index (χ0v) is 15.7. The highest BCUT2D eigenvalue weighted by atomic mass is 16.5. The Hall–Kier alpha value is -3.28. The third kappa shape index (κ3) is 5.88. The Bertz CT molecular complexity index is 829. The summed E-state index contributed by atoms with van der Waals surface area (Å²) in [5.74, 6) is 0.203. The summed E-state index contributed by atoms with van der Waals surface area (Å²) in [5.41, 5.74) is 2.43. The Morgan fingerprint density at radius 1 is 1.07 bits per heavy atom. The number of ether oxygens (including phenoxy) is 3. The van der Waals surface area contributed by atoms with E-state index in [1.165, 1.54) is 13.2 Å².